The smallest absolute Gasteiger partial charge is 0.172 e. The number of ether oxygens (including phenoxy) is 1. The lowest BCUT2D eigenvalue weighted by Gasteiger charge is -1.96. The molecule has 0 aliphatic rings. The number of aliphatic hydroxyl groups excluding tert-OH is 1. The highest BCUT2D eigenvalue weighted by molar-refractivity contribution is 8.01. The quantitative estimate of drug-likeness (QED) is 0.775. The number of nitrogens with zero attached hydrogens (tertiary/aromatic N) is 1. The molecule has 0 aliphatic carbocycles. The molecule has 0 radical (unpaired) electrons. The minimum absolute atomic E-state index is 0.0859. The monoisotopic (exact) mass is 292 g/mol. The summed E-state index contributed by atoms with van der Waals surface area (Å²) in [5.41, 5.74) is 1.88. The third-order valence-electron chi connectivity index (χ3n) is 2.66. The van der Waals surface area contributed by atoms with E-state index in [1.165, 1.54) is 0 Å². The van der Waals surface area contributed by atoms with Crippen molar-refractivity contribution in [2.45, 2.75) is 16.0 Å². The van der Waals surface area contributed by atoms with Gasteiger partial charge >= 0.3 is 0 Å². The number of hydrogen-bond acceptors (Lipinski definition) is 5. The molecule has 0 fully saturated rings. The van der Waals surface area contributed by atoms with Crippen LogP contribution in [-0.2, 0) is 6.61 Å². The molecular formula is C13H12N2O2S2. The number of aromatic amines is 1. The molecule has 0 spiro atoms. The first-order valence-electron chi connectivity index (χ1n) is 5.69. The molecule has 3 aromatic rings. The first-order valence-corrected chi connectivity index (χ1v) is 7.33. The van der Waals surface area contributed by atoms with E-state index < -0.39 is 0 Å². The minimum atomic E-state index is 0.0859. The van der Waals surface area contributed by atoms with Crippen LogP contribution in [0.5, 0.6) is 5.75 Å². The van der Waals surface area contributed by atoms with E-state index in [-0.39, 0.29) is 6.61 Å². The molecule has 3 rings (SSSR count). The third kappa shape index (κ3) is 2.60. The van der Waals surface area contributed by atoms with Crippen molar-refractivity contribution >= 4 is 34.1 Å². The summed E-state index contributed by atoms with van der Waals surface area (Å²) in [5, 5.41) is 9.90. The van der Waals surface area contributed by atoms with E-state index in [1.807, 2.05) is 30.3 Å². The van der Waals surface area contributed by atoms with Gasteiger partial charge in [0.2, 0.25) is 0 Å². The lowest BCUT2D eigenvalue weighted by molar-refractivity contribution is 0.285. The molecule has 2 aromatic heterocycles. The fraction of sp³-hybridized carbons (Fsp3) is 0.154. The Labute approximate surface area is 118 Å². The summed E-state index contributed by atoms with van der Waals surface area (Å²) >= 11 is 3.14. The van der Waals surface area contributed by atoms with Gasteiger partial charge in [-0.3, -0.25) is 0 Å². The van der Waals surface area contributed by atoms with Crippen molar-refractivity contribution in [2.75, 3.05) is 7.11 Å². The number of methoxy groups -OCH3 is 1. The van der Waals surface area contributed by atoms with Gasteiger partial charge in [-0.1, -0.05) is 0 Å². The normalized spacial score (nSPS) is 11.1. The summed E-state index contributed by atoms with van der Waals surface area (Å²) < 4.78 is 6.29. The van der Waals surface area contributed by atoms with Gasteiger partial charge in [0.15, 0.2) is 5.16 Å². The van der Waals surface area contributed by atoms with E-state index in [2.05, 4.69) is 9.97 Å². The molecule has 2 N–H and O–H groups in total. The molecule has 2 heterocycles. The van der Waals surface area contributed by atoms with Crippen molar-refractivity contribution in [2.24, 2.45) is 0 Å². The number of fused-ring (bicyclic) bond motifs is 1. The average Bonchev–Trinajstić information content (AvgIpc) is 3.03. The second-order valence-corrected chi connectivity index (χ2v) is 6.36. The van der Waals surface area contributed by atoms with E-state index in [4.69, 9.17) is 9.84 Å². The fourth-order valence-corrected chi connectivity index (χ4v) is 3.69. The molecule has 6 heteroatoms. The molecular weight excluding hydrogens is 280 g/mol. The highest BCUT2D eigenvalue weighted by atomic mass is 32.2. The topological polar surface area (TPSA) is 58.1 Å². The molecule has 0 bridgehead atoms. The predicted octanol–water partition coefficient (Wildman–Crippen LogP) is 3.28. The number of H-pyrrole nitrogens is 1. The van der Waals surface area contributed by atoms with Gasteiger partial charge in [0.1, 0.15) is 5.75 Å². The highest BCUT2D eigenvalue weighted by Crippen LogP contribution is 2.33. The van der Waals surface area contributed by atoms with Crippen LogP contribution in [0.4, 0.5) is 0 Å². The third-order valence-corrected chi connectivity index (χ3v) is 4.75. The SMILES string of the molecule is COc1ccc2nc(Sc3ccc(CO)s3)[nH]c2c1. The lowest BCUT2D eigenvalue weighted by atomic mass is 10.3. The van der Waals surface area contributed by atoms with Crippen LogP contribution in [0.2, 0.25) is 0 Å². The standard InChI is InChI=1S/C13H12N2O2S2/c1-17-8-2-4-10-11(6-8)15-13(14-10)19-12-5-3-9(7-16)18-12/h2-6,16H,7H2,1H3,(H,14,15). The van der Waals surface area contributed by atoms with Crippen LogP contribution in [0.3, 0.4) is 0 Å². The summed E-state index contributed by atoms with van der Waals surface area (Å²) in [6, 6.07) is 9.68. The number of hydrogen-bond donors (Lipinski definition) is 2. The van der Waals surface area contributed by atoms with Crippen molar-refractivity contribution in [3.8, 4) is 5.75 Å². The molecule has 0 atom stereocenters. The maximum absolute atomic E-state index is 9.05. The van der Waals surface area contributed by atoms with Crippen LogP contribution in [0.15, 0.2) is 39.7 Å². The van der Waals surface area contributed by atoms with Gasteiger partial charge in [-0.15, -0.1) is 11.3 Å². The number of thiophene rings is 1. The first kappa shape index (κ1) is 12.5. The van der Waals surface area contributed by atoms with Crippen LogP contribution in [0.1, 0.15) is 4.88 Å². The van der Waals surface area contributed by atoms with Crippen molar-refractivity contribution in [3.63, 3.8) is 0 Å². The number of nitrogens with one attached hydrogen (secondary N) is 1. The Morgan fingerprint density at radius 2 is 2.26 bits per heavy atom. The van der Waals surface area contributed by atoms with Gasteiger partial charge in [0, 0.05) is 10.9 Å². The molecule has 0 saturated heterocycles. The molecule has 4 nitrogen and oxygen atoms in total. The van der Waals surface area contributed by atoms with Crippen molar-refractivity contribution < 1.29 is 9.84 Å². The molecule has 0 aliphatic heterocycles. The summed E-state index contributed by atoms with van der Waals surface area (Å²) in [6.07, 6.45) is 0. The van der Waals surface area contributed by atoms with E-state index in [0.29, 0.717) is 0 Å². The molecule has 0 unspecified atom stereocenters. The number of rotatable bonds is 4. The largest absolute Gasteiger partial charge is 0.497 e. The Bertz CT molecular complexity index is 706. The molecule has 19 heavy (non-hydrogen) atoms. The van der Waals surface area contributed by atoms with Crippen molar-refractivity contribution in [3.05, 3.63) is 35.2 Å². The molecule has 98 valence electrons. The lowest BCUT2D eigenvalue weighted by Crippen LogP contribution is -1.81. The second kappa shape index (κ2) is 5.24. The predicted molar refractivity (Wildman–Crippen MR) is 77.0 cm³/mol. The summed E-state index contributed by atoms with van der Waals surface area (Å²) in [4.78, 5) is 8.74. The maximum Gasteiger partial charge on any atom is 0.172 e. The van der Waals surface area contributed by atoms with E-state index >= 15 is 0 Å². The molecule has 0 amide bonds. The Balaban J connectivity index is 1.88. The van der Waals surface area contributed by atoms with Crippen LogP contribution < -0.4 is 4.74 Å². The van der Waals surface area contributed by atoms with Crippen molar-refractivity contribution in [1.82, 2.24) is 9.97 Å². The van der Waals surface area contributed by atoms with Gasteiger partial charge in [-0.05, 0) is 36.0 Å². The molecule has 0 saturated carbocycles. The van der Waals surface area contributed by atoms with Crippen molar-refractivity contribution in [1.29, 1.82) is 0 Å². The first-order chi connectivity index (χ1) is 9.28. The van der Waals surface area contributed by atoms with E-state index in [9.17, 15) is 0 Å². The zero-order valence-electron chi connectivity index (χ0n) is 10.2. The Morgan fingerprint density at radius 3 is 3.00 bits per heavy atom. The Morgan fingerprint density at radius 1 is 1.37 bits per heavy atom. The second-order valence-electron chi connectivity index (χ2n) is 3.91. The minimum Gasteiger partial charge on any atom is -0.497 e. The number of aliphatic hydroxyl groups is 1. The van der Waals surface area contributed by atoms with E-state index in [0.717, 1.165) is 31.0 Å². The highest BCUT2D eigenvalue weighted by Gasteiger charge is 2.07. The zero-order chi connectivity index (χ0) is 13.2. The number of imidazole rings is 1. The fourth-order valence-electron chi connectivity index (χ4n) is 1.73. The Hall–Kier alpha value is -1.50. The molecule has 1 aromatic carbocycles. The summed E-state index contributed by atoms with van der Waals surface area (Å²) in [7, 11) is 1.65. The number of benzene rings is 1. The van der Waals surface area contributed by atoms with Crippen LogP contribution >= 0.6 is 23.1 Å². The summed E-state index contributed by atoms with van der Waals surface area (Å²) in [5.74, 6) is 0.811. The van der Waals surface area contributed by atoms with Crippen LogP contribution in [0, 0.1) is 0 Å². The van der Waals surface area contributed by atoms with Gasteiger partial charge in [-0.25, -0.2) is 4.98 Å². The van der Waals surface area contributed by atoms with Gasteiger partial charge in [0.25, 0.3) is 0 Å². The van der Waals surface area contributed by atoms with E-state index in [1.54, 1.807) is 30.2 Å². The van der Waals surface area contributed by atoms with Gasteiger partial charge in [0.05, 0.1) is 29.0 Å². The van der Waals surface area contributed by atoms with Crippen LogP contribution in [-0.4, -0.2) is 22.2 Å². The van der Waals surface area contributed by atoms with Gasteiger partial charge in [-0.2, -0.15) is 0 Å². The van der Waals surface area contributed by atoms with Gasteiger partial charge < -0.3 is 14.8 Å². The maximum atomic E-state index is 9.05. The zero-order valence-corrected chi connectivity index (χ0v) is 11.8. The number of aromatic nitrogens is 2. The summed E-state index contributed by atoms with van der Waals surface area (Å²) in [6.45, 7) is 0.0859. The van der Waals surface area contributed by atoms with Crippen LogP contribution in [0.25, 0.3) is 11.0 Å². The Kier molecular flexibility index (Phi) is 3.46. The average molecular weight is 292 g/mol.